The minimum atomic E-state index is -3.09. The van der Waals surface area contributed by atoms with Gasteiger partial charge in [0.1, 0.15) is 0 Å². The number of sulfone groups is 1. The number of rotatable bonds is 11. The van der Waals surface area contributed by atoms with Crippen LogP contribution in [0, 0.1) is 0 Å². The summed E-state index contributed by atoms with van der Waals surface area (Å²) in [4.78, 5) is 4.13. The van der Waals surface area contributed by atoms with E-state index in [-0.39, 0.29) is 0 Å². The van der Waals surface area contributed by atoms with Gasteiger partial charge in [-0.15, -0.1) is 0 Å². The van der Waals surface area contributed by atoms with Gasteiger partial charge in [0.15, 0.2) is 15.8 Å². The zero-order chi connectivity index (χ0) is 17.1. The number of nitrogens with zero attached hydrogens (tertiary/aromatic N) is 1. The van der Waals surface area contributed by atoms with E-state index < -0.39 is 14.6 Å². The first-order chi connectivity index (χ1) is 10.2. The lowest BCUT2D eigenvalue weighted by molar-refractivity contribution is 0.543. The van der Waals surface area contributed by atoms with Crippen LogP contribution < -0.4 is 10.6 Å². The number of hydrogen-bond donors (Lipinski definition) is 2. The van der Waals surface area contributed by atoms with Gasteiger partial charge in [0.2, 0.25) is 0 Å². The first-order valence-corrected chi connectivity index (χ1v) is 10.3. The van der Waals surface area contributed by atoms with Crippen molar-refractivity contribution in [1.29, 1.82) is 0 Å². The van der Waals surface area contributed by atoms with Crippen molar-refractivity contribution in [3.05, 3.63) is 0 Å². The molecule has 0 amide bonds. The molecule has 0 aromatic rings. The average molecular weight is 334 g/mol. The molecule has 0 aliphatic carbocycles. The van der Waals surface area contributed by atoms with Gasteiger partial charge in [-0.25, -0.2) is 8.42 Å². The highest BCUT2D eigenvalue weighted by Crippen LogP contribution is 2.13. The van der Waals surface area contributed by atoms with E-state index in [1.807, 2.05) is 0 Å². The third-order valence-corrected chi connectivity index (χ3v) is 6.13. The summed E-state index contributed by atoms with van der Waals surface area (Å²) in [6, 6.07) is 0. The van der Waals surface area contributed by atoms with Crippen LogP contribution in [0.3, 0.4) is 0 Å². The van der Waals surface area contributed by atoms with Crippen molar-refractivity contribution in [3.63, 3.8) is 0 Å². The molecule has 0 rings (SSSR count). The van der Waals surface area contributed by atoms with Crippen molar-refractivity contribution in [2.45, 2.75) is 70.5 Å². The Morgan fingerprint density at radius 3 is 2.05 bits per heavy atom. The highest BCUT2D eigenvalue weighted by Gasteiger charge is 2.30. The van der Waals surface area contributed by atoms with E-state index >= 15 is 0 Å². The molecule has 22 heavy (non-hydrogen) atoms. The summed E-state index contributed by atoms with van der Waals surface area (Å²) >= 11 is 0. The van der Waals surface area contributed by atoms with Crippen LogP contribution >= 0.6 is 0 Å². The molecule has 0 aliphatic rings. The zero-order valence-corrected chi connectivity index (χ0v) is 15.9. The Kier molecular flexibility index (Phi) is 10.5. The van der Waals surface area contributed by atoms with Gasteiger partial charge in [-0.05, 0) is 20.3 Å². The number of guanidine groups is 1. The zero-order valence-electron chi connectivity index (χ0n) is 15.0. The second-order valence-electron chi connectivity index (χ2n) is 6.51. The molecule has 6 heteroatoms. The van der Waals surface area contributed by atoms with Crippen LogP contribution in [0.1, 0.15) is 65.7 Å². The Bertz CT molecular complexity index is 417. The first-order valence-electron chi connectivity index (χ1n) is 8.38. The molecule has 2 N–H and O–H groups in total. The average Bonchev–Trinajstić information content (AvgIpc) is 2.43. The smallest absolute Gasteiger partial charge is 0.191 e. The molecule has 0 radical (unpaired) electrons. The van der Waals surface area contributed by atoms with Crippen molar-refractivity contribution in [3.8, 4) is 0 Å². The predicted molar refractivity (Wildman–Crippen MR) is 96.3 cm³/mol. The Morgan fingerprint density at radius 2 is 1.55 bits per heavy atom. The number of hydrogen-bond acceptors (Lipinski definition) is 3. The highest BCUT2D eigenvalue weighted by molar-refractivity contribution is 7.92. The molecule has 0 bridgehead atoms. The Hall–Kier alpha value is -0.780. The van der Waals surface area contributed by atoms with Gasteiger partial charge >= 0.3 is 0 Å². The Balaban J connectivity index is 3.86. The second-order valence-corrected chi connectivity index (χ2v) is 9.16. The molecule has 0 saturated heterocycles. The Morgan fingerprint density at radius 1 is 1.00 bits per heavy atom. The molecule has 0 aromatic carbocycles. The van der Waals surface area contributed by atoms with Gasteiger partial charge in [-0.1, -0.05) is 45.4 Å². The van der Waals surface area contributed by atoms with Crippen molar-refractivity contribution in [2.75, 3.05) is 26.4 Å². The monoisotopic (exact) mass is 333 g/mol. The van der Waals surface area contributed by atoms with Crippen LogP contribution in [-0.2, 0) is 9.84 Å². The predicted octanol–water partition coefficient (Wildman–Crippen LogP) is 2.73. The quantitative estimate of drug-likeness (QED) is 0.346. The Labute approximate surface area is 137 Å². The summed E-state index contributed by atoms with van der Waals surface area (Å²) in [5, 5.41) is 6.33. The maximum atomic E-state index is 11.7. The third kappa shape index (κ3) is 9.28. The van der Waals surface area contributed by atoms with Crippen LogP contribution in [0.4, 0.5) is 0 Å². The van der Waals surface area contributed by atoms with Gasteiger partial charge in [0.05, 0.1) is 4.75 Å². The highest BCUT2D eigenvalue weighted by atomic mass is 32.2. The molecular weight excluding hydrogens is 298 g/mol. The van der Waals surface area contributed by atoms with Crippen LogP contribution in [0.25, 0.3) is 0 Å². The van der Waals surface area contributed by atoms with Gasteiger partial charge in [0.25, 0.3) is 0 Å². The lowest BCUT2D eigenvalue weighted by Gasteiger charge is -2.24. The van der Waals surface area contributed by atoms with Gasteiger partial charge in [0, 0.05) is 26.4 Å². The standard InChI is InChI=1S/C16H35N3O2S/c1-6-7-8-9-10-11-12-13-18-15(17-4)19-14-16(2,3)22(5,20)21/h6-14H2,1-5H3,(H2,17,18,19). The summed E-state index contributed by atoms with van der Waals surface area (Å²) in [6.07, 6.45) is 10.2. The summed E-state index contributed by atoms with van der Waals surface area (Å²) in [6.45, 7) is 6.89. The van der Waals surface area contributed by atoms with Gasteiger partial charge in [-0.2, -0.15) is 0 Å². The third-order valence-electron chi connectivity index (χ3n) is 3.98. The first kappa shape index (κ1) is 21.2. The van der Waals surface area contributed by atoms with E-state index in [4.69, 9.17) is 0 Å². The maximum Gasteiger partial charge on any atom is 0.191 e. The second kappa shape index (κ2) is 10.9. The van der Waals surface area contributed by atoms with E-state index in [9.17, 15) is 8.42 Å². The summed E-state index contributed by atoms with van der Waals surface area (Å²) in [7, 11) is -1.39. The van der Waals surface area contributed by atoms with Crippen molar-refractivity contribution >= 4 is 15.8 Å². The van der Waals surface area contributed by atoms with E-state index in [1.165, 1.54) is 44.8 Å². The van der Waals surface area contributed by atoms with E-state index in [0.717, 1.165) is 13.0 Å². The van der Waals surface area contributed by atoms with Crippen LogP contribution in [0.2, 0.25) is 0 Å². The van der Waals surface area contributed by atoms with Crippen molar-refractivity contribution < 1.29 is 8.42 Å². The molecular formula is C16H35N3O2S. The lowest BCUT2D eigenvalue weighted by Crippen LogP contribution is -2.47. The molecule has 5 nitrogen and oxygen atoms in total. The molecule has 0 aliphatic heterocycles. The van der Waals surface area contributed by atoms with Gasteiger partial charge in [-0.3, -0.25) is 4.99 Å². The number of aliphatic imine (C=N–C) groups is 1. The van der Waals surface area contributed by atoms with Crippen LogP contribution in [0.5, 0.6) is 0 Å². The SMILES string of the molecule is CCCCCCCCCNC(=NC)NCC(C)(C)S(C)(=O)=O. The minimum Gasteiger partial charge on any atom is -0.356 e. The van der Waals surface area contributed by atoms with Crippen molar-refractivity contribution in [2.24, 2.45) is 4.99 Å². The van der Waals surface area contributed by atoms with Gasteiger partial charge < -0.3 is 10.6 Å². The molecule has 0 atom stereocenters. The molecule has 0 saturated carbocycles. The number of unbranched alkanes of at least 4 members (excludes halogenated alkanes) is 6. The summed E-state index contributed by atoms with van der Waals surface area (Å²) in [5.74, 6) is 0.669. The molecule has 0 aromatic heterocycles. The van der Waals surface area contributed by atoms with E-state index in [2.05, 4.69) is 22.5 Å². The fourth-order valence-corrected chi connectivity index (χ4v) is 2.27. The number of nitrogens with one attached hydrogen (secondary N) is 2. The van der Waals surface area contributed by atoms with Crippen molar-refractivity contribution in [1.82, 2.24) is 10.6 Å². The maximum absolute atomic E-state index is 11.7. The largest absolute Gasteiger partial charge is 0.356 e. The van der Waals surface area contributed by atoms with E-state index in [1.54, 1.807) is 20.9 Å². The normalized spacial score (nSPS) is 13.2. The molecule has 0 unspecified atom stereocenters. The topological polar surface area (TPSA) is 70.6 Å². The molecule has 132 valence electrons. The summed E-state index contributed by atoms with van der Waals surface area (Å²) in [5.41, 5.74) is 0. The molecule has 0 fully saturated rings. The van der Waals surface area contributed by atoms with Crippen LogP contribution in [-0.4, -0.2) is 45.5 Å². The molecule has 0 heterocycles. The molecule has 0 spiro atoms. The summed E-state index contributed by atoms with van der Waals surface area (Å²) < 4.78 is 22.5. The minimum absolute atomic E-state index is 0.350. The lowest BCUT2D eigenvalue weighted by atomic mass is 10.1. The van der Waals surface area contributed by atoms with E-state index in [0.29, 0.717) is 12.5 Å². The van der Waals surface area contributed by atoms with Crippen LogP contribution in [0.15, 0.2) is 4.99 Å². The fourth-order valence-electron chi connectivity index (χ4n) is 1.94. The fraction of sp³-hybridized carbons (Fsp3) is 0.938.